The van der Waals surface area contributed by atoms with Gasteiger partial charge in [-0.2, -0.15) is 0 Å². The van der Waals surface area contributed by atoms with Crippen molar-refractivity contribution in [2.75, 3.05) is 27.3 Å². The number of nitrogens with one attached hydrogen (secondary N) is 2. The van der Waals surface area contributed by atoms with Crippen LogP contribution in [0.4, 0.5) is 0 Å². The Morgan fingerprint density at radius 3 is 1.15 bits per heavy atom. The molecule has 0 atom stereocenters. The van der Waals surface area contributed by atoms with Crippen molar-refractivity contribution in [3.05, 3.63) is 0 Å². The molecule has 8 nitrogen and oxygen atoms in total. The predicted octanol–water partition coefficient (Wildman–Crippen LogP) is 1.86. The van der Waals surface area contributed by atoms with Crippen LogP contribution in [0.1, 0.15) is 70.6 Å². The summed E-state index contributed by atoms with van der Waals surface area (Å²) in [5.41, 5.74) is 0. The third-order valence-electron chi connectivity index (χ3n) is 4.06. The molecule has 0 aromatic rings. The molecule has 0 spiro atoms. The maximum Gasteiger partial charge on any atom is 0.315 e. The molecule has 27 heavy (non-hydrogen) atoms. The number of methoxy groups -OCH3 is 2. The highest BCUT2D eigenvalue weighted by Crippen LogP contribution is 2.09. The van der Waals surface area contributed by atoms with E-state index >= 15 is 0 Å². The molecule has 2 N–H and O–H groups in total. The minimum atomic E-state index is -0.518. The van der Waals surface area contributed by atoms with Crippen molar-refractivity contribution in [3.63, 3.8) is 0 Å². The normalized spacial score (nSPS) is 10.1. The van der Waals surface area contributed by atoms with Gasteiger partial charge in [-0.25, -0.2) is 0 Å². The minimum absolute atomic E-state index is 0.217. The highest BCUT2D eigenvalue weighted by molar-refractivity contribution is 5.94. The Kier molecular flexibility index (Phi) is 15.9. The molecular formula is C19H34N2O6. The Hall–Kier alpha value is -2.12. The summed E-state index contributed by atoms with van der Waals surface area (Å²) in [7, 11) is 2.53. The number of carbonyl (C=O) groups is 4. The molecule has 0 fully saturated rings. The van der Waals surface area contributed by atoms with E-state index in [1.807, 2.05) is 0 Å². The zero-order valence-corrected chi connectivity index (χ0v) is 16.6. The molecule has 0 aliphatic carbocycles. The lowest BCUT2D eigenvalue weighted by Gasteiger charge is -2.05. The van der Waals surface area contributed by atoms with Gasteiger partial charge in [-0.3, -0.25) is 19.2 Å². The van der Waals surface area contributed by atoms with Crippen LogP contribution in [-0.4, -0.2) is 51.1 Å². The second kappa shape index (κ2) is 17.3. The van der Waals surface area contributed by atoms with Crippen LogP contribution in [0.3, 0.4) is 0 Å². The third-order valence-corrected chi connectivity index (χ3v) is 4.06. The van der Waals surface area contributed by atoms with Gasteiger partial charge in [0.15, 0.2) is 0 Å². The van der Waals surface area contributed by atoms with E-state index in [1.165, 1.54) is 33.5 Å². The van der Waals surface area contributed by atoms with Crippen molar-refractivity contribution in [2.45, 2.75) is 70.6 Å². The molecule has 0 radical (unpaired) electrons. The molecule has 0 saturated heterocycles. The molecule has 0 aliphatic rings. The van der Waals surface area contributed by atoms with Gasteiger partial charge < -0.3 is 20.1 Å². The smallest absolute Gasteiger partial charge is 0.315 e. The summed E-state index contributed by atoms with van der Waals surface area (Å²) >= 11 is 0. The van der Waals surface area contributed by atoms with Gasteiger partial charge >= 0.3 is 11.9 Å². The van der Waals surface area contributed by atoms with Crippen LogP contribution in [0.2, 0.25) is 0 Å². The van der Waals surface area contributed by atoms with Crippen LogP contribution in [0.15, 0.2) is 0 Å². The zero-order valence-electron chi connectivity index (χ0n) is 16.6. The number of rotatable bonds is 16. The van der Waals surface area contributed by atoms with Crippen molar-refractivity contribution in [3.8, 4) is 0 Å². The first-order chi connectivity index (χ1) is 13.0. The van der Waals surface area contributed by atoms with Crippen LogP contribution in [0.5, 0.6) is 0 Å². The van der Waals surface area contributed by atoms with E-state index in [0.717, 1.165) is 38.5 Å². The van der Waals surface area contributed by atoms with Gasteiger partial charge in [0, 0.05) is 13.1 Å². The summed E-state index contributed by atoms with van der Waals surface area (Å²) in [5, 5.41) is 5.41. The number of hydrogen-bond acceptors (Lipinski definition) is 6. The maximum absolute atomic E-state index is 11.3. The summed E-state index contributed by atoms with van der Waals surface area (Å²) in [6.45, 7) is 1.19. The lowest BCUT2D eigenvalue weighted by molar-refractivity contribution is -0.145. The molecule has 0 aliphatic heterocycles. The standard InChI is InChI=1S/C19H34N2O6/c1-26-18(24)14-16(22)20-12-10-8-6-4-3-5-7-9-11-13-21-17(23)15-19(25)27-2/h3-15H2,1-2H3,(H,20,22)(H,21,23). The molecular weight excluding hydrogens is 352 g/mol. The van der Waals surface area contributed by atoms with Crippen molar-refractivity contribution in [2.24, 2.45) is 0 Å². The summed E-state index contributed by atoms with van der Waals surface area (Å²) in [6.07, 6.45) is 9.32. The lowest BCUT2D eigenvalue weighted by atomic mass is 10.1. The van der Waals surface area contributed by atoms with E-state index in [2.05, 4.69) is 20.1 Å². The Labute approximate surface area is 161 Å². The Morgan fingerprint density at radius 2 is 0.852 bits per heavy atom. The highest BCUT2D eigenvalue weighted by atomic mass is 16.5. The van der Waals surface area contributed by atoms with Crippen LogP contribution >= 0.6 is 0 Å². The van der Waals surface area contributed by atoms with E-state index in [0.29, 0.717) is 13.1 Å². The largest absolute Gasteiger partial charge is 0.469 e. The Morgan fingerprint density at radius 1 is 0.556 bits per heavy atom. The number of ether oxygens (including phenoxy) is 2. The first-order valence-corrected chi connectivity index (χ1v) is 9.66. The first-order valence-electron chi connectivity index (χ1n) is 9.66. The molecule has 0 aromatic heterocycles. The number of esters is 2. The molecule has 0 saturated carbocycles. The second-order valence-electron chi connectivity index (χ2n) is 6.39. The fourth-order valence-electron chi connectivity index (χ4n) is 2.47. The zero-order chi connectivity index (χ0) is 20.3. The van der Waals surface area contributed by atoms with Gasteiger partial charge in [-0.05, 0) is 12.8 Å². The van der Waals surface area contributed by atoms with Gasteiger partial charge in [-0.15, -0.1) is 0 Å². The van der Waals surface area contributed by atoms with Crippen molar-refractivity contribution >= 4 is 23.8 Å². The van der Waals surface area contributed by atoms with E-state index < -0.39 is 11.9 Å². The van der Waals surface area contributed by atoms with Crippen molar-refractivity contribution < 1.29 is 28.7 Å². The van der Waals surface area contributed by atoms with Crippen LogP contribution < -0.4 is 10.6 Å². The fourth-order valence-corrected chi connectivity index (χ4v) is 2.47. The van der Waals surface area contributed by atoms with Gasteiger partial charge in [0.2, 0.25) is 11.8 Å². The Balaban J connectivity index is 3.27. The van der Waals surface area contributed by atoms with E-state index in [4.69, 9.17) is 0 Å². The third kappa shape index (κ3) is 17.1. The van der Waals surface area contributed by atoms with Gasteiger partial charge in [0.1, 0.15) is 12.8 Å². The second-order valence-corrected chi connectivity index (χ2v) is 6.39. The average Bonchev–Trinajstić information content (AvgIpc) is 2.65. The molecule has 8 heteroatoms. The van der Waals surface area contributed by atoms with Gasteiger partial charge in [-0.1, -0.05) is 44.9 Å². The van der Waals surface area contributed by atoms with Gasteiger partial charge in [0.05, 0.1) is 14.2 Å². The predicted molar refractivity (Wildman–Crippen MR) is 101 cm³/mol. The SMILES string of the molecule is COC(=O)CC(=O)NCCCCCCCCCCCNC(=O)CC(=O)OC. The van der Waals surface area contributed by atoms with Crippen molar-refractivity contribution in [1.29, 1.82) is 0 Å². The number of amides is 2. The number of carbonyl (C=O) groups excluding carboxylic acids is 4. The minimum Gasteiger partial charge on any atom is -0.469 e. The maximum atomic E-state index is 11.3. The monoisotopic (exact) mass is 386 g/mol. The fraction of sp³-hybridized carbons (Fsp3) is 0.789. The molecule has 0 aromatic carbocycles. The summed E-state index contributed by atoms with van der Waals surface area (Å²) in [6, 6.07) is 0. The molecule has 2 amide bonds. The number of hydrogen-bond donors (Lipinski definition) is 2. The van der Waals surface area contributed by atoms with E-state index in [1.54, 1.807) is 0 Å². The number of unbranched alkanes of at least 4 members (excludes halogenated alkanes) is 8. The molecule has 0 unspecified atom stereocenters. The van der Waals surface area contributed by atoms with E-state index in [9.17, 15) is 19.2 Å². The van der Waals surface area contributed by atoms with Crippen LogP contribution in [-0.2, 0) is 28.7 Å². The molecule has 0 rings (SSSR count). The van der Waals surface area contributed by atoms with Crippen LogP contribution in [0, 0.1) is 0 Å². The van der Waals surface area contributed by atoms with Gasteiger partial charge in [0.25, 0.3) is 0 Å². The van der Waals surface area contributed by atoms with E-state index in [-0.39, 0.29) is 24.7 Å². The van der Waals surface area contributed by atoms with Crippen molar-refractivity contribution in [1.82, 2.24) is 10.6 Å². The summed E-state index contributed by atoms with van der Waals surface area (Å²) in [4.78, 5) is 44.5. The summed E-state index contributed by atoms with van der Waals surface area (Å²) < 4.78 is 8.85. The van der Waals surface area contributed by atoms with Crippen LogP contribution in [0.25, 0.3) is 0 Å². The molecule has 0 heterocycles. The molecule has 156 valence electrons. The first kappa shape index (κ1) is 24.9. The molecule has 0 bridgehead atoms. The Bertz CT molecular complexity index is 413. The summed E-state index contributed by atoms with van der Waals surface area (Å²) in [5.74, 6) is -1.61. The topological polar surface area (TPSA) is 111 Å². The average molecular weight is 386 g/mol. The lowest BCUT2D eigenvalue weighted by Crippen LogP contribution is -2.27. The highest BCUT2D eigenvalue weighted by Gasteiger charge is 2.08. The quantitative estimate of drug-likeness (QED) is 0.238.